The second-order valence-electron chi connectivity index (χ2n) is 9.97. The number of nitrogens with zero attached hydrogens (tertiary/aromatic N) is 2. The molecule has 3 heterocycles. The van der Waals surface area contributed by atoms with Gasteiger partial charge in [-0.15, -0.1) is 11.3 Å². The van der Waals surface area contributed by atoms with Crippen molar-refractivity contribution < 1.29 is 23.9 Å². The number of Topliss-reactive ketones (excluding diaryl/α,β-unsaturated/α-hetero) is 1. The van der Waals surface area contributed by atoms with Crippen molar-refractivity contribution in [3.05, 3.63) is 89.4 Å². The van der Waals surface area contributed by atoms with Gasteiger partial charge in [0, 0.05) is 17.0 Å². The minimum absolute atomic E-state index is 0.118. The van der Waals surface area contributed by atoms with Crippen molar-refractivity contribution >= 4 is 35.0 Å². The molecular weight excluding hydrogens is 514 g/mol. The van der Waals surface area contributed by atoms with Crippen LogP contribution in [0, 0.1) is 5.92 Å². The number of thiophene rings is 1. The zero-order valence-corrected chi connectivity index (χ0v) is 22.5. The first-order chi connectivity index (χ1) is 18.8. The molecule has 2 atom stereocenters. The highest BCUT2D eigenvalue weighted by Gasteiger charge is 2.48. The summed E-state index contributed by atoms with van der Waals surface area (Å²) in [6, 6.07) is 18.2. The van der Waals surface area contributed by atoms with Gasteiger partial charge >= 0.3 is 6.09 Å². The van der Waals surface area contributed by atoms with E-state index in [0.29, 0.717) is 23.4 Å². The molecular formula is C30H29N3O5S. The summed E-state index contributed by atoms with van der Waals surface area (Å²) >= 11 is 1.62. The van der Waals surface area contributed by atoms with Gasteiger partial charge in [-0.1, -0.05) is 50.2 Å². The Kier molecular flexibility index (Phi) is 7.60. The Bertz CT molecular complexity index is 1400. The van der Waals surface area contributed by atoms with E-state index < -0.39 is 18.2 Å². The molecule has 2 aliphatic heterocycles. The monoisotopic (exact) mass is 543 g/mol. The number of nitrogens with one attached hydrogen (secondary N) is 1. The Morgan fingerprint density at radius 3 is 2.44 bits per heavy atom. The van der Waals surface area contributed by atoms with Gasteiger partial charge in [-0.3, -0.25) is 19.3 Å². The van der Waals surface area contributed by atoms with Crippen LogP contribution < -0.4 is 10.1 Å². The van der Waals surface area contributed by atoms with Crippen LogP contribution in [0.2, 0.25) is 0 Å². The number of ketones is 1. The number of likely N-dealkylation sites (tertiary alicyclic amines) is 1. The smallest absolute Gasteiger partial charge is 0.410 e. The fourth-order valence-electron chi connectivity index (χ4n) is 4.89. The molecule has 0 saturated carbocycles. The van der Waals surface area contributed by atoms with Crippen LogP contribution >= 0.6 is 11.3 Å². The van der Waals surface area contributed by atoms with E-state index in [4.69, 9.17) is 4.74 Å². The lowest BCUT2D eigenvalue weighted by molar-refractivity contribution is -0.137. The maximum atomic E-state index is 13.7. The second kappa shape index (κ2) is 11.2. The summed E-state index contributed by atoms with van der Waals surface area (Å²) in [7, 11) is 0. The molecule has 1 saturated heterocycles. The Morgan fingerprint density at radius 1 is 1.03 bits per heavy atom. The molecule has 1 fully saturated rings. The second-order valence-corrected chi connectivity index (χ2v) is 10.9. The molecule has 1 aromatic heterocycles. The first-order valence-electron chi connectivity index (χ1n) is 12.8. The standard InChI is InChI=1S/C30H29N3O5S/c1-19(2)17-23(31-28(35)21-12-10-20(11-13-21)26-9-6-16-39-26)29(36)32-15-14-24-27(32)25(34)18-33(24)30(37)38-22-7-4-3-5-8-22/h3-14,16,19,23,27H,15,17-18H2,1-2H3,(H,31,35). The average Bonchev–Trinajstić information content (AvgIpc) is 3.68. The Morgan fingerprint density at radius 2 is 1.77 bits per heavy atom. The third-order valence-electron chi connectivity index (χ3n) is 6.73. The van der Waals surface area contributed by atoms with Crippen molar-refractivity contribution in [2.75, 3.05) is 13.1 Å². The molecule has 200 valence electrons. The van der Waals surface area contributed by atoms with Crippen molar-refractivity contribution in [2.24, 2.45) is 5.92 Å². The SMILES string of the molecule is CC(C)CC(NC(=O)c1ccc(-c2cccs2)cc1)C(=O)N1CC=C2C1C(=O)CN2C(=O)Oc1ccccc1. The molecule has 0 radical (unpaired) electrons. The maximum Gasteiger partial charge on any atom is 0.419 e. The number of hydrogen-bond acceptors (Lipinski definition) is 6. The van der Waals surface area contributed by atoms with Crippen LogP contribution in [0.25, 0.3) is 10.4 Å². The van der Waals surface area contributed by atoms with Gasteiger partial charge in [0.05, 0.1) is 12.2 Å². The summed E-state index contributed by atoms with van der Waals surface area (Å²) in [4.78, 5) is 56.5. The molecule has 2 aliphatic rings. The van der Waals surface area contributed by atoms with E-state index in [1.54, 1.807) is 53.8 Å². The number of carbonyl (C=O) groups is 4. The molecule has 1 N–H and O–H groups in total. The van der Waals surface area contributed by atoms with Gasteiger partial charge < -0.3 is 15.0 Å². The van der Waals surface area contributed by atoms with Crippen LogP contribution in [0.15, 0.2) is 83.9 Å². The summed E-state index contributed by atoms with van der Waals surface area (Å²) < 4.78 is 5.42. The van der Waals surface area contributed by atoms with Crippen LogP contribution in [-0.2, 0) is 9.59 Å². The lowest BCUT2D eigenvalue weighted by atomic mass is 10.0. The fourth-order valence-corrected chi connectivity index (χ4v) is 5.63. The van der Waals surface area contributed by atoms with Crippen LogP contribution in [0.1, 0.15) is 30.6 Å². The summed E-state index contributed by atoms with van der Waals surface area (Å²) in [5.74, 6) is -0.490. The first kappa shape index (κ1) is 26.4. The van der Waals surface area contributed by atoms with Crippen molar-refractivity contribution in [3.8, 4) is 16.2 Å². The minimum atomic E-state index is -0.877. The van der Waals surface area contributed by atoms with Gasteiger partial charge in [-0.05, 0) is 59.7 Å². The number of rotatable bonds is 7. The normalized spacial score (nSPS) is 17.2. The van der Waals surface area contributed by atoms with Crippen molar-refractivity contribution in [2.45, 2.75) is 32.4 Å². The third kappa shape index (κ3) is 5.63. The summed E-state index contributed by atoms with van der Waals surface area (Å²) in [6.07, 6.45) is 1.44. The van der Waals surface area contributed by atoms with Crippen molar-refractivity contribution in [3.63, 3.8) is 0 Å². The first-order valence-corrected chi connectivity index (χ1v) is 13.7. The third-order valence-corrected chi connectivity index (χ3v) is 7.65. The molecule has 8 nitrogen and oxygen atoms in total. The minimum Gasteiger partial charge on any atom is -0.410 e. The highest BCUT2D eigenvalue weighted by Crippen LogP contribution is 2.31. The van der Waals surface area contributed by atoms with Gasteiger partial charge in [0.25, 0.3) is 5.91 Å². The van der Waals surface area contributed by atoms with Gasteiger partial charge in [0.15, 0.2) is 5.78 Å². The van der Waals surface area contributed by atoms with E-state index in [-0.39, 0.29) is 36.6 Å². The van der Waals surface area contributed by atoms with Crippen LogP contribution in [0.4, 0.5) is 4.79 Å². The number of para-hydroxylation sites is 1. The van der Waals surface area contributed by atoms with Gasteiger partial charge in [0.1, 0.15) is 17.8 Å². The summed E-state index contributed by atoms with van der Waals surface area (Å²) in [6.45, 7) is 3.93. The predicted molar refractivity (Wildman–Crippen MR) is 148 cm³/mol. The molecule has 3 amide bonds. The number of ether oxygens (including phenoxy) is 1. The van der Waals surface area contributed by atoms with Crippen LogP contribution in [0.3, 0.4) is 0 Å². The number of hydrogen-bond donors (Lipinski definition) is 1. The Balaban J connectivity index is 1.28. The molecule has 2 aromatic carbocycles. The zero-order valence-electron chi connectivity index (χ0n) is 21.7. The molecule has 0 aliphatic carbocycles. The highest BCUT2D eigenvalue weighted by atomic mass is 32.1. The Labute approximate surface area is 230 Å². The van der Waals surface area contributed by atoms with Crippen LogP contribution in [-0.4, -0.2) is 58.7 Å². The van der Waals surface area contributed by atoms with E-state index in [0.717, 1.165) is 10.4 Å². The average molecular weight is 544 g/mol. The molecule has 3 aromatic rings. The quantitative estimate of drug-likeness (QED) is 0.465. The largest absolute Gasteiger partial charge is 0.419 e. The predicted octanol–water partition coefficient (Wildman–Crippen LogP) is 4.74. The molecule has 9 heteroatoms. The van der Waals surface area contributed by atoms with Gasteiger partial charge in [0.2, 0.25) is 5.91 Å². The van der Waals surface area contributed by atoms with Crippen molar-refractivity contribution in [1.29, 1.82) is 0 Å². The molecule has 0 spiro atoms. The maximum absolute atomic E-state index is 13.7. The molecule has 0 bridgehead atoms. The zero-order chi connectivity index (χ0) is 27.5. The molecule has 2 unspecified atom stereocenters. The van der Waals surface area contributed by atoms with Crippen molar-refractivity contribution in [1.82, 2.24) is 15.1 Å². The number of benzene rings is 2. The highest BCUT2D eigenvalue weighted by molar-refractivity contribution is 7.13. The summed E-state index contributed by atoms with van der Waals surface area (Å²) in [5.41, 5.74) is 1.90. The lowest BCUT2D eigenvalue weighted by Gasteiger charge is -2.28. The van der Waals surface area contributed by atoms with E-state index in [1.807, 2.05) is 49.6 Å². The number of fused-ring (bicyclic) bond motifs is 1. The summed E-state index contributed by atoms with van der Waals surface area (Å²) in [5, 5.41) is 4.89. The Hall–Kier alpha value is -4.24. The van der Waals surface area contributed by atoms with Crippen LogP contribution in [0.5, 0.6) is 5.75 Å². The van der Waals surface area contributed by atoms with E-state index in [2.05, 4.69) is 5.32 Å². The number of amides is 3. The van der Waals surface area contributed by atoms with Gasteiger partial charge in [-0.2, -0.15) is 0 Å². The number of carbonyl (C=O) groups excluding carboxylic acids is 4. The topological polar surface area (TPSA) is 96.0 Å². The molecule has 39 heavy (non-hydrogen) atoms. The lowest BCUT2D eigenvalue weighted by Crippen LogP contribution is -2.52. The van der Waals surface area contributed by atoms with E-state index in [1.165, 1.54) is 9.80 Å². The molecule has 5 rings (SSSR count). The van der Waals surface area contributed by atoms with Gasteiger partial charge in [-0.25, -0.2) is 4.79 Å². The van der Waals surface area contributed by atoms with E-state index in [9.17, 15) is 19.2 Å². The fraction of sp³-hybridized carbons (Fsp3) is 0.267. The van der Waals surface area contributed by atoms with E-state index >= 15 is 0 Å².